The van der Waals surface area contributed by atoms with E-state index in [4.69, 9.17) is 4.74 Å². The summed E-state index contributed by atoms with van der Waals surface area (Å²) in [5, 5.41) is 4.06. The number of esters is 1. The van der Waals surface area contributed by atoms with E-state index in [2.05, 4.69) is 5.32 Å². The lowest BCUT2D eigenvalue weighted by Gasteiger charge is -2.08. The van der Waals surface area contributed by atoms with E-state index in [-0.39, 0.29) is 17.2 Å². The molecule has 8 nitrogen and oxygen atoms in total. The monoisotopic (exact) mass is 361 g/mol. The van der Waals surface area contributed by atoms with Crippen LogP contribution in [0.2, 0.25) is 0 Å². The first-order valence-corrected chi connectivity index (χ1v) is 7.47. The maximum Gasteiger partial charge on any atom is 0.355 e. The van der Waals surface area contributed by atoms with Crippen molar-refractivity contribution in [1.29, 1.82) is 0 Å². The average Bonchev–Trinajstić information content (AvgIpc) is 2.97. The minimum atomic E-state index is -0.964. The third-order valence-corrected chi connectivity index (χ3v) is 3.33. The summed E-state index contributed by atoms with van der Waals surface area (Å²) in [6, 6.07) is 5.80. The van der Waals surface area contributed by atoms with E-state index in [0.717, 1.165) is 6.07 Å². The second-order valence-electron chi connectivity index (χ2n) is 5.34. The first-order chi connectivity index (χ1) is 12.3. The van der Waals surface area contributed by atoms with Crippen molar-refractivity contribution in [2.45, 2.75) is 6.92 Å². The molecule has 0 bridgehead atoms. The minimum Gasteiger partial charge on any atom is -0.451 e. The average molecular weight is 361 g/mol. The van der Waals surface area contributed by atoms with Gasteiger partial charge in [-0.25, -0.2) is 14.0 Å². The summed E-state index contributed by atoms with van der Waals surface area (Å²) in [5.74, 6) is -2.61. The van der Waals surface area contributed by atoms with Gasteiger partial charge in [0.05, 0.1) is 5.69 Å². The predicted molar refractivity (Wildman–Crippen MR) is 89.3 cm³/mol. The van der Waals surface area contributed by atoms with Crippen molar-refractivity contribution >= 4 is 29.4 Å². The molecule has 0 saturated heterocycles. The number of halogens is 1. The summed E-state index contributed by atoms with van der Waals surface area (Å²) in [5.41, 5.74) is 0.308. The molecule has 3 amide bonds. The quantitative estimate of drug-likeness (QED) is 0.625. The van der Waals surface area contributed by atoms with E-state index < -0.39 is 30.3 Å². The Balaban J connectivity index is 1.86. The highest BCUT2D eigenvalue weighted by molar-refractivity contribution is 6.02. The van der Waals surface area contributed by atoms with Crippen LogP contribution in [0.5, 0.6) is 0 Å². The van der Waals surface area contributed by atoms with Crippen LogP contribution in [0.3, 0.4) is 0 Å². The molecule has 0 radical (unpaired) electrons. The van der Waals surface area contributed by atoms with Gasteiger partial charge < -0.3 is 14.6 Å². The molecule has 0 aliphatic heterocycles. The van der Waals surface area contributed by atoms with Crippen LogP contribution in [0.25, 0.3) is 0 Å². The Bertz CT molecular complexity index is 875. The molecule has 2 N–H and O–H groups in total. The molecule has 0 spiro atoms. The number of ether oxygens (including phenoxy) is 1. The van der Waals surface area contributed by atoms with Crippen molar-refractivity contribution in [3.05, 3.63) is 53.6 Å². The molecule has 0 aliphatic rings. The fourth-order valence-corrected chi connectivity index (χ4v) is 2.04. The Hall–Kier alpha value is -3.49. The molecular weight excluding hydrogens is 345 g/mol. The van der Waals surface area contributed by atoms with Crippen LogP contribution in [0, 0.1) is 5.82 Å². The molecule has 1 heterocycles. The van der Waals surface area contributed by atoms with E-state index in [0.29, 0.717) is 5.56 Å². The van der Waals surface area contributed by atoms with Gasteiger partial charge in [-0.3, -0.25) is 14.9 Å². The third kappa shape index (κ3) is 4.76. The molecule has 26 heavy (non-hydrogen) atoms. The van der Waals surface area contributed by atoms with Crippen molar-refractivity contribution < 1.29 is 28.3 Å². The zero-order valence-electron chi connectivity index (χ0n) is 14.0. The summed E-state index contributed by atoms with van der Waals surface area (Å²) in [6.07, 6.45) is 1.46. The maximum atomic E-state index is 13.4. The largest absolute Gasteiger partial charge is 0.451 e. The number of anilines is 1. The van der Waals surface area contributed by atoms with Gasteiger partial charge >= 0.3 is 12.0 Å². The zero-order valence-corrected chi connectivity index (χ0v) is 14.0. The van der Waals surface area contributed by atoms with Crippen molar-refractivity contribution in [2.24, 2.45) is 7.05 Å². The van der Waals surface area contributed by atoms with Crippen molar-refractivity contribution in [3.8, 4) is 0 Å². The zero-order chi connectivity index (χ0) is 19.3. The standard InChI is InChI=1S/C17H16FN3O5/c1-10(22)11-7-14(21(2)8-11)16(24)26-9-15(23)20-17(25)19-13-6-4-3-5-12(13)18/h3-8H,9H2,1-2H3,(H2,19,20,23,25). The number of hydrogen-bond acceptors (Lipinski definition) is 5. The molecular formula is C17H16FN3O5. The predicted octanol–water partition coefficient (Wildman–Crippen LogP) is 1.87. The van der Waals surface area contributed by atoms with Gasteiger partial charge in [0.25, 0.3) is 5.91 Å². The summed E-state index contributed by atoms with van der Waals surface area (Å²) < 4.78 is 19.6. The number of aryl methyl sites for hydroxylation is 1. The Kier molecular flexibility index (Phi) is 5.84. The number of carbonyl (C=O) groups excluding carboxylic acids is 4. The number of imide groups is 1. The number of hydrogen-bond donors (Lipinski definition) is 2. The lowest BCUT2D eigenvalue weighted by atomic mass is 10.2. The van der Waals surface area contributed by atoms with E-state index in [9.17, 15) is 23.6 Å². The molecule has 9 heteroatoms. The first kappa shape index (κ1) is 18.8. The van der Waals surface area contributed by atoms with Crippen LogP contribution in [0.4, 0.5) is 14.9 Å². The molecule has 0 atom stereocenters. The summed E-state index contributed by atoms with van der Waals surface area (Å²) in [7, 11) is 1.55. The highest BCUT2D eigenvalue weighted by Gasteiger charge is 2.17. The molecule has 0 fully saturated rings. The molecule has 0 aliphatic carbocycles. The number of rotatable bonds is 5. The molecule has 136 valence electrons. The lowest BCUT2D eigenvalue weighted by Crippen LogP contribution is -2.37. The molecule has 2 aromatic rings. The molecule has 2 rings (SSSR count). The van der Waals surface area contributed by atoms with Gasteiger partial charge in [0, 0.05) is 18.8 Å². The van der Waals surface area contributed by atoms with Crippen LogP contribution in [-0.2, 0) is 16.6 Å². The van der Waals surface area contributed by atoms with Gasteiger partial charge in [-0.05, 0) is 25.1 Å². The van der Waals surface area contributed by atoms with Gasteiger partial charge in [0.1, 0.15) is 11.5 Å². The summed E-state index contributed by atoms with van der Waals surface area (Å²) >= 11 is 0. The number of ketones is 1. The second-order valence-corrected chi connectivity index (χ2v) is 5.34. The van der Waals surface area contributed by atoms with E-state index in [1.165, 1.54) is 42.0 Å². The number of nitrogens with zero attached hydrogens (tertiary/aromatic N) is 1. The second kappa shape index (κ2) is 8.06. The Morgan fingerprint density at radius 1 is 1.19 bits per heavy atom. The SMILES string of the molecule is CC(=O)c1cc(C(=O)OCC(=O)NC(=O)Nc2ccccc2F)n(C)c1. The van der Waals surface area contributed by atoms with Crippen LogP contribution in [-0.4, -0.2) is 34.9 Å². The third-order valence-electron chi connectivity index (χ3n) is 3.33. The molecule has 1 aromatic carbocycles. The lowest BCUT2D eigenvalue weighted by molar-refractivity contribution is -0.123. The van der Waals surface area contributed by atoms with Crippen molar-refractivity contribution in [1.82, 2.24) is 9.88 Å². The van der Waals surface area contributed by atoms with Crippen molar-refractivity contribution in [2.75, 3.05) is 11.9 Å². The number of Topliss-reactive ketones (excluding diaryl/α,β-unsaturated/α-hetero) is 1. The number of aromatic nitrogens is 1. The number of urea groups is 1. The topological polar surface area (TPSA) is 106 Å². The van der Waals surface area contributed by atoms with Gasteiger partial charge in [-0.15, -0.1) is 0 Å². The number of para-hydroxylation sites is 1. The molecule has 0 unspecified atom stereocenters. The Morgan fingerprint density at radius 2 is 1.88 bits per heavy atom. The number of benzene rings is 1. The first-order valence-electron chi connectivity index (χ1n) is 7.47. The van der Waals surface area contributed by atoms with E-state index in [1.54, 1.807) is 7.05 Å². The van der Waals surface area contributed by atoms with Gasteiger partial charge in [0.2, 0.25) is 0 Å². The number of nitrogens with one attached hydrogen (secondary N) is 2. The summed E-state index contributed by atoms with van der Waals surface area (Å²) in [4.78, 5) is 46.5. The van der Waals surface area contributed by atoms with E-state index >= 15 is 0 Å². The maximum absolute atomic E-state index is 13.4. The number of amides is 3. The van der Waals surface area contributed by atoms with E-state index in [1.807, 2.05) is 5.32 Å². The highest BCUT2D eigenvalue weighted by Crippen LogP contribution is 2.12. The molecule has 0 saturated carbocycles. The minimum absolute atomic E-state index is 0.0822. The number of carbonyl (C=O) groups is 4. The van der Waals surface area contributed by atoms with Gasteiger partial charge in [-0.1, -0.05) is 12.1 Å². The Labute approximate surface area is 147 Å². The van der Waals surface area contributed by atoms with Crippen LogP contribution in [0.1, 0.15) is 27.8 Å². The fourth-order valence-electron chi connectivity index (χ4n) is 2.04. The fraction of sp³-hybridized carbons (Fsp3) is 0.176. The van der Waals surface area contributed by atoms with Gasteiger partial charge in [0.15, 0.2) is 12.4 Å². The highest BCUT2D eigenvalue weighted by atomic mass is 19.1. The Morgan fingerprint density at radius 3 is 2.50 bits per heavy atom. The van der Waals surface area contributed by atoms with Crippen LogP contribution < -0.4 is 10.6 Å². The van der Waals surface area contributed by atoms with Gasteiger partial charge in [-0.2, -0.15) is 0 Å². The van der Waals surface area contributed by atoms with Crippen LogP contribution in [0.15, 0.2) is 36.5 Å². The molecule has 1 aromatic heterocycles. The normalized spacial score (nSPS) is 10.1. The summed E-state index contributed by atoms with van der Waals surface area (Å²) in [6.45, 7) is 0.635. The van der Waals surface area contributed by atoms with Crippen LogP contribution >= 0.6 is 0 Å². The van der Waals surface area contributed by atoms with Crippen molar-refractivity contribution in [3.63, 3.8) is 0 Å². The smallest absolute Gasteiger partial charge is 0.355 e.